The summed E-state index contributed by atoms with van der Waals surface area (Å²) in [4.78, 5) is 22.1. The zero-order valence-corrected chi connectivity index (χ0v) is 10.1. The Morgan fingerprint density at radius 2 is 2.33 bits per heavy atom. The van der Waals surface area contributed by atoms with E-state index in [2.05, 4.69) is 25.9 Å². The fourth-order valence-electron chi connectivity index (χ4n) is 1.76. The minimum atomic E-state index is 0.142. The van der Waals surface area contributed by atoms with Gasteiger partial charge in [-0.25, -0.2) is 4.98 Å². The van der Waals surface area contributed by atoms with Gasteiger partial charge in [0.15, 0.2) is 5.82 Å². The van der Waals surface area contributed by atoms with Gasteiger partial charge in [-0.2, -0.15) is 0 Å². The first-order valence-electron chi connectivity index (χ1n) is 5.04. The van der Waals surface area contributed by atoms with Crippen molar-refractivity contribution in [1.82, 2.24) is 9.97 Å². The molecule has 1 aliphatic heterocycles. The summed E-state index contributed by atoms with van der Waals surface area (Å²) >= 11 is 3.28. The lowest BCUT2D eigenvalue weighted by Crippen LogP contribution is -2.30. The predicted molar refractivity (Wildman–Crippen MR) is 60.7 cm³/mol. The number of carbonyl (C=O) groups excluding carboxylic acids is 1. The molecule has 0 fully saturated rings. The van der Waals surface area contributed by atoms with Crippen LogP contribution in [0.25, 0.3) is 0 Å². The van der Waals surface area contributed by atoms with Crippen LogP contribution in [0.2, 0.25) is 0 Å². The highest BCUT2D eigenvalue weighted by molar-refractivity contribution is 9.10. The summed E-state index contributed by atoms with van der Waals surface area (Å²) in [6.07, 6.45) is 3.96. The van der Waals surface area contributed by atoms with E-state index in [0.29, 0.717) is 17.6 Å². The predicted octanol–water partition coefficient (Wildman–Crippen LogP) is 1.93. The zero-order valence-electron chi connectivity index (χ0n) is 8.53. The summed E-state index contributed by atoms with van der Waals surface area (Å²) in [7, 11) is 0. The van der Waals surface area contributed by atoms with Gasteiger partial charge in [0, 0.05) is 13.0 Å². The Balaban J connectivity index is 2.49. The molecule has 1 aromatic heterocycles. The van der Waals surface area contributed by atoms with Crippen molar-refractivity contribution < 1.29 is 4.79 Å². The third kappa shape index (κ3) is 2.02. The molecule has 80 valence electrons. The van der Waals surface area contributed by atoms with Crippen molar-refractivity contribution >= 4 is 27.7 Å². The number of nitrogens with zero attached hydrogens (tertiary/aromatic N) is 3. The molecule has 0 unspecified atom stereocenters. The molecule has 0 saturated heterocycles. The van der Waals surface area contributed by atoms with Gasteiger partial charge in [-0.05, 0) is 35.7 Å². The van der Waals surface area contributed by atoms with E-state index >= 15 is 0 Å². The van der Waals surface area contributed by atoms with Crippen LogP contribution >= 0.6 is 15.9 Å². The van der Waals surface area contributed by atoms with Crippen molar-refractivity contribution in [2.24, 2.45) is 0 Å². The molecule has 5 heteroatoms. The Kier molecular flexibility index (Phi) is 3.00. The topological polar surface area (TPSA) is 46.1 Å². The van der Waals surface area contributed by atoms with Crippen LogP contribution in [-0.2, 0) is 11.2 Å². The molecule has 0 spiro atoms. The number of rotatable bonds is 1. The first-order chi connectivity index (χ1) is 7.22. The molecule has 15 heavy (non-hydrogen) atoms. The van der Waals surface area contributed by atoms with Crippen LogP contribution in [-0.4, -0.2) is 22.4 Å². The Labute approximate surface area is 96.8 Å². The number of hydrogen-bond donors (Lipinski definition) is 0. The van der Waals surface area contributed by atoms with Crippen LogP contribution in [0.4, 0.5) is 5.82 Å². The molecule has 0 aromatic carbocycles. The second-order valence-electron chi connectivity index (χ2n) is 3.45. The first kappa shape index (κ1) is 10.5. The highest BCUT2D eigenvalue weighted by Gasteiger charge is 2.23. The molecule has 0 bridgehead atoms. The van der Waals surface area contributed by atoms with Crippen LogP contribution in [0.1, 0.15) is 25.5 Å². The number of carbonyl (C=O) groups is 1. The maximum Gasteiger partial charge on any atom is 0.228 e. The Hall–Kier alpha value is -0.970. The summed E-state index contributed by atoms with van der Waals surface area (Å²) in [6, 6.07) is 0. The summed E-state index contributed by atoms with van der Waals surface area (Å²) in [5.41, 5.74) is 0.922. The summed E-state index contributed by atoms with van der Waals surface area (Å²) < 4.78 is 0.675. The van der Waals surface area contributed by atoms with Crippen molar-refractivity contribution in [2.45, 2.75) is 26.2 Å². The molecule has 0 atom stereocenters. The molecule has 4 nitrogen and oxygen atoms in total. The molecule has 0 aliphatic carbocycles. The van der Waals surface area contributed by atoms with Gasteiger partial charge in [0.25, 0.3) is 0 Å². The van der Waals surface area contributed by atoms with Gasteiger partial charge in [-0.15, -0.1) is 0 Å². The monoisotopic (exact) mass is 269 g/mol. The van der Waals surface area contributed by atoms with Gasteiger partial charge in [-0.1, -0.05) is 0 Å². The van der Waals surface area contributed by atoms with Gasteiger partial charge in [0.1, 0.15) is 4.60 Å². The highest BCUT2D eigenvalue weighted by atomic mass is 79.9. The summed E-state index contributed by atoms with van der Waals surface area (Å²) in [5.74, 6) is 0.859. The second-order valence-corrected chi connectivity index (χ2v) is 4.27. The lowest BCUT2D eigenvalue weighted by Gasteiger charge is -2.19. The van der Waals surface area contributed by atoms with Gasteiger partial charge in [0.2, 0.25) is 5.91 Å². The average molecular weight is 270 g/mol. The molecule has 1 amide bonds. The zero-order chi connectivity index (χ0) is 10.8. The number of halogens is 1. The maximum atomic E-state index is 11.8. The first-order valence-corrected chi connectivity index (χ1v) is 5.83. The number of hydrogen-bond acceptors (Lipinski definition) is 3. The van der Waals surface area contributed by atoms with E-state index in [1.165, 1.54) is 0 Å². The standard InChI is InChI=1S/C10H12BrN3O/c1-2-14-9(15)5-3-4-7-10(14)13-8(11)6-12-7/h6H,2-5H2,1H3. The van der Waals surface area contributed by atoms with E-state index < -0.39 is 0 Å². The number of amides is 1. The van der Waals surface area contributed by atoms with E-state index in [9.17, 15) is 4.79 Å². The molecule has 0 radical (unpaired) electrons. The smallest absolute Gasteiger partial charge is 0.228 e. The van der Waals surface area contributed by atoms with Crippen molar-refractivity contribution in [2.75, 3.05) is 11.4 Å². The minimum absolute atomic E-state index is 0.142. The molecular formula is C10H12BrN3O. The minimum Gasteiger partial charge on any atom is -0.296 e. The second kappa shape index (κ2) is 4.26. The van der Waals surface area contributed by atoms with Gasteiger partial charge in [-0.3, -0.25) is 14.7 Å². The molecule has 1 aromatic rings. The number of fused-ring (bicyclic) bond motifs is 1. The van der Waals surface area contributed by atoms with Crippen LogP contribution in [0.5, 0.6) is 0 Å². The fraction of sp³-hybridized carbons (Fsp3) is 0.500. The van der Waals surface area contributed by atoms with E-state index in [0.717, 1.165) is 24.4 Å². The molecule has 1 aliphatic rings. The molecular weight excluding hydrogens is 258 g/mol. The Bertz CT molecular complexity index is 394. The Morgan fingerprint density at radius 1 is 1.53 bits per heavy atom. The van der Waals surface area contributed by atoms with Crippen LogP contribution in [0, 0.1) is 0 Å². The van der Waals surface area contributed by atoms with Crippen LogP contribution in [0.15, 0.2) is 10.8 Å². The summed E-state index contributed by atoms with van der Waals surface area (Å²) in [5, 5.41) is 0. The molecule has 0 N–H and O–H groups in total. The van der Waals surface area contributed by atoms with Crippen molar-refractivity contribution in [3.8, 4) is 0 Å². The van der Waals surface area contributed by atoms with Gasteiger partial charge < -0.3 is 0 Å². The normalized spacial score (nSPS) is 16.1. The molecule has 0 saturated carbocycles. The number of aromatic nitrogens is 2. The lowest BCUT2D eigenvalue weighted by atomic mass is 10.2. The van der Waals surface area contributed by atoms with Crippen molar-refractivity contribution in [1.29, 1.82) is 0 Å². The lowest BCUT2D eigenvalue weighted by molar-refractivity contribution is -0.118. The highest BCUT2D eigenvalue weighted by Crippen LogP contribution is 2.24. The molecule has 2 heterocycles. The van der Waals surface area contributed by atoms with E-state index in [4.69, 9.17) is 0 Å². The summed E-state index contributed by atoms with van der Waals surface area (Å²) in [6.45, 7) is 2.60. The van der Waals surface area contributed by atoms with Gasteiger partial charge >= 0.3 is 0 Å². The maximum absolute atomic E-state index is 11.8. The SMILES string of the molecule is CCN1C(=O)CCCc2ncc(Br)nc21. The molecule has 2 rings (SSSR count). The third-order valence-electron chi connectivity index (χ3n) is 2.47. The van der Waals surface area contributed by atoms with Crippen molar-refractivity contribution in [3.05, 3.63) is 16.5 Å². The van der Waals surface area contributed by atoms with E-state index in [1.54, 1.807) is 11.1 Å². The Morgan fingerprint density at radius 3 is 3.07 bits per heavy atom. The van der Waals surface area contributed by atoms with E-state index in [1.807, 2.05) is 6.92 Å². The van der Waals surface area contributed by atoms with Crippen LogP contribution in [0.3, 0.4) is 0 Å². The fourth-order valence-corrected chi connectivity index (χ4v) is 2.03. The van der Waals surface area contributed by atoms with Gasteiger partial charge in [0.05, 0.1) is 11.9 Å². The van der Waals surface area contributed by atoms with Crippen molar-refractivity contribution in [3.63, 3.8) is 0 Å². The number of aryl methyl sites for hydroxylation is 1. The average Bonchev–Trinajstić information content (AvgIpc) is 2.36. The van der Waals surface area contributed by atoms with E-state index in [-0.39, 0.29) is 5.91 Å². The quantitative estimate of drug-likeness (QED) is 0.783. The largest absolute Gasteiger partial charge is 0.296 e. The number of anilines is 1. The van der Waals surface area contributed by atoms with Crippen LogP contribution < -0.4 is 4.90 Å². The third-order valence-corrected chi connectivity index (χ3v) is 2.86.